The first-order chi connectivity index (χ1) is 13.3. The summed E-state index contributed by atoms with van der Waals surface area (Å²) < 4.78 is 0. The maximum absolute atomic E-state index is 9.68. The first kappa shape index (κ1) is 16.6. The molecule has 0 aromatic heterocycles. The molecule has 0 heterocycles. The van der Waals surface area contributed by atoms with E-state index >= 15 is 0 Å². The Hall–Kier alpha value is -3.88. The van der Waals surface area contributed by atoms with Gasteiger partial charge in [0.1, 0.15) is 0 Å². The van der Waals surface area contributed by atoms with Crippen LogP contribution in [0.1, 0.15) is 22.3 Å². The van der Waals surface area contributed by atoms with Gasteiger partial charge < -0.3 is 0 Å². The van der Waals surface area contributed by atoms with Crippen LogP contribution in [0.2, 0.25) is 0 Å². The van der Waals surface area contributed by atoms with Gasteiger partial charge in [-0.05, 0) is 39.8 Å². The highest BCUT2D eigenvalue weighted by molar-refractivity contribution is 6.19. The fraction of sp³-hybridized carbons (Fsp3) is 0.0400. The summed E-state index contributed by atoms with van der Waals surface area (Å²) in [5, 5.41) is 9.68. The van der Waals surface area contributed by atoms with E-state index in [4.69, 9.17) is 6.57 Å². The minimum Gasteiger partial charge on any atom is -0.226 e. The molecular weight excluding hydrogens is 328 g/mol. The fourth-order valence-electron chi connectivity index (χ4n) is 3.67. The summed E-state index contributed by atoms with van der Waals surface area (Å²) >= 11 is 0. The van der Waals surface area contributed by atoms with E-state index in [1.54, 1.807) is 0 Å². The Morgan fingerprint density at radius 3 is 2.04 bits per heavy atom. The Bertz CT molecular complexity index is 1120. The molecule has 0 spiro atoms. The third kappa shape index (κ3) is 2.95. The van der Waals surface area contributed by atoms with Crippen molar-refractivity contribution in [3.05, 3.63) is 124 Å². The third-order valence-corrected chi connectivity index (χ3v) is 4.84. The standard InChI is InChI=1S/C25H16N2/c1-27-23(17-26)25-21-15-9-8-14-20(21)16-22(18-10-4-2-5-11-18)24(25)19-12-6-3-7-13-19/h2-15H,16H2/b25-23-. The van der Waals surface area contributed by atoms with E-state index in [0.29, 0.717) is 0 Å². The van der Waals surface area contributed by atoms with Gasteiger partial charge in [-0.25, -0.2) is 10.1 Å². The summed E-state index contributed by atoms with van der Waals surface area (Å²) in [5.74, 6) is 0. The van der Waals surface area contributed by atoms with Crippen molar-refractivity contribution in [3.63, 3.8) is 0 Å². The zero-order chi connectivity index (χ0) is 18.6. The molecule has 4 rings (SSSR count). The van der Waals surface area contributed by atoms with Crippen molar-refractivity contribution >= 4 is 16.7 Å². The fourth-order valence-corrected chi connectivity index (χ4v) is 3.67. The normalized spacial score (nSPS) is 14.7. The van der Waals surface area contributed by atoms with Crippen LogP contribution in [0.3, 0.4) is 0 Å². The number of nitrogens with zero attached hydrogens (tertiary/aromatic N) is 2. The highest BCUT2D eigenvalue weighted by Gasteiger charge is 2.27. The first-order valence-corrected chi connectivity index (χ1v) is 8.78. The van der Waals surface area contributed by atoms with Gasteiger partial charge in [0.15, 0.2) is 0 Å². The molecule has 0 aliphatic heterocycles. The number of benzene rings is 3. The van der Waals surface area contributed by atoms with Crippen LogP contribution in [-0.2, 0) is 6.42 Å². The predicted octanol–water partition coefficient (Wildman–Crippen LogP) is 6.01. The Morgan fingerprint density at radius 1 is 0.815 bits per heavy atom. The van der Waals surface area contributed by atoms with E-state index in [-0.39, 0.29) is 5.70 Å². The zero-order valence-corrected chi connectivity index (χ0v) is 14.7. The van der Waals surface area contributed by atoms with E-state index in [2.05, 4.69) is 29.1 Å². The van der Waals surface area contributed by atoms with Crippen molar-refractivity contribution in [2.24, 2.45) is 0 Å². The number of allylic oxidation sites excluding steroid dienone is 4. The number of fused-ring (bicyclic) bond motifs is 1. The first-order valence-electron chi connectivity index (χ1n) is 8.78. The topological polar surface area (TPSA) is 28.1 Å². The Balaban J connectivity index is 2.13. The number of nitriles is 1. The molecule has 1 aliphatic carbocycles. The molecule has 0 atom stereocenters. The lowest BCUT2D eigenvalue weighted by Crippen LogP contribution is -2.08. The summed E-state index contributed by atoms with van der Waals surface area (Å²) in [5.41, 5.74) is 7.25. The van der Waals surface area contributed by atoms with Gasteiger partial charge >= 0.3 is 0 Å². The molecule has 0 bridgehead atoms. The van der Waals surface area contributed by atoms with Gasteiger partial charge in [0.2, 0.25) is 0 Å². The van der Waals surface area contributed by atoms with Crippen molar-refractivity contribution in [1.82, 2.24) is 0 Å². The van der Waals surface area contributed by atoms with Crippen LogP contribution in [0.4, 0.5) is 0 Å². The van der Waals surface area contributed by atoms with E-state index in [0.717, 1.165) is 45.4 Å². The highest BCUT2D eigenvalue weighted by atomic mass is 14.7. The maximum atomic E-state index is 9.68. The average Bonchev–Trinajstić information content (AvgIpc) is 2.75. The van der Waals surface area contributed by atoms with Gasteiger partial charge in [0, 0.05) is 5.57 Å². The molecule has 2 nitrogen and oxygen atoms in total. The molecule has 3 aromatic carbocycles. The van der Waals surface area contributed by atoms with Crippen molar-refractivity contribution in [2.75, 3.05) is 0 Å². The molecule has 0 amide bonds. The van der Waals surface area contributed by atoms with E-state index in [1.807, 2.05) is 66.7 Å². The second kappa shape index (κ2) is 7.16. The van der Waals surface area contributed by atoms with Gasteiger partial charge in [0.05, 0.1) is 12.6 Å². The van der Waals surface area contributed by atoms with Crippen LogP contribution in [0, 0.1) is 17.9 Å². The van der Waals surface area contributed by atoms with Gasteiger partial charge in [-0.2, -0.15) is 0 Å². The lowest BCUT2D eigenvalue weighted by molar-refractivity contribution is 1.24. The molecule has 0 saturated carbocycles. The van der Waals surface area contributed by atoms with Crippen molar-refractivity contribution in [3.8, 4) is 6.07 Å². The lowest BCUT2D eigenvalue weighted by atomic mass is 9.76. The maximum Gasteiger partial charge on any atom is 0.270 e. The van der Waals surface area contributed by atoms with E-state index in [1.165, 1.54) is 0 Å². The molecule has 27 heavy (non-hydrogen) atoms. The molecule has 1 aliphatic rings. The zero-order valence-electron chi connectivity index (χ0n) is 14.7. The summed E-state index contributed by atoms with van der Waals surface area (Å²) in [6, 6.07) is 30.5. The molecule has 126 valence electrons. The van der Waals surface area contributed by atoms with Gasteiger partial charge in [-0.3, -0.25) is 0 Å². The minimum atomic E-state index is 0.134. The van der Waals surface area contributed by atoms with Crippen molar-refractivity contribution in [1.29, 1.82) is 5.26 Å². The second-order valence-corrected chi connectivity index (χ2v) is 6.37. The molecule has 2 heteroatoms. The quantitative estimate of drug-likeness (QED) is 0.413. The molecule has 3 aromatic rings. The lowest BCUT2D eigenvalue weighted by Gasteiger charge is -2.27. The predicted molar refractivity (Wildman–Crippen MR) is 109 cm³/mol. The minimum absolute atomic E-state index is 0.134. The Kier molecular flexibility index (Phi) is 4.40. The summed E-state index contributed by atoms with van der Waals surface area (Å²) in [6.45, 7) is 7.58. The van der Waals surface area contributed by atoms with Crippen molar-refractivity contribution in [2.45, 2.75) is 6.42 Å². The van der Waals surface area contributed by atoms with E-state index in [9.17, 15) is 5.26 Å². The number of hydrogen-bond donors (Lipinski definition) is 0. The van der Waals surface area contributed by atoms with Crippen LogP contribution in [-0.4, -0.2) is 0 Å². The Morgan fingerprint density at radius 2 is 1.41 bits per heavy atom. The van der Waals surface area contributed by atoms with Crippen LogP contribution in [0.25, 0.3) is 21.6 Å². The van der Waals surface area contributed by atoms with Crippen LogP contribution in [0.15, 0.2) is 90.6 Å². The summed E-state index contributed by atoms with van der Waals surface area (Å²) in [6.07, 6.45) is 0.768. The summed E-state index contributed by atoms with van der Waals surface area (Å²) in [4.78, 5) is 3.57. The third-order valence-electron chi connectivity index (χ3n) is 4.84. The number of hydrogen-bond acceptors (Lipinski definition) is 1. The highest BCUT2D eigenvalue weighted by Crippen LogP contribution is 2.46. The van der Waals surface area contributed by atoms with Gasteiger partial charge in [-0.1, -0.05) is 84.9 Å². The molecular formula is C25H16N2. The number of rotatable bonds is 2. The molecule has 0 unspecified atom stereocenters. The molecule has 0 N–H and O–H groups in total. The smallest absolute Gasteiger partial charge is 0.226 e. The van der Waals surface area contributed by atoms with Crippen LogP contribution >= 0.6 is 0 Å². The molecule has 0 radical (unpaired) electrons. The molecule has 0 fully saturated rings. The average molecular weight is 344 g/mol. The second-order valence-electron chi connectivity index (χ2n) is 6.37. The molecule has 0 saturated heterocycles. The van der Waals surface area contributed by atoms with E-state index < -0.39 is 0 Å². The van der Waals surface area contributed by atoms with Gasteiger partial charge in [0.25, 0.3) is 5.70 Å². The van der Waals surface area contributed by atoms with Gasteiger partial charge in [-0.15, -0.1) is 0 Å². The van der Waals surface area contributed by atoms with Crippen molar-refractivity contribution < 1.29 is 0 Å². The Labute approximate surface area is 159 Å². The van der Waals surface area contributed by atoms with Crippen LogP contribution in [0.5, 0.6) is 0 Å². The largest absolute Gasteiger partial charge is 0.270 e. The monoisotopic (exact) mass is 344 g/mol. The van der Waals surface area contributed by atoms with Crippen LogP contribution < -0.4 is 0 Å². The SMILES string of the molecule is [C-]#[N+]/C(C#N)=C1\C(c2ccccc2)=C(c2ccccc2)Cc2ccccc21. The summed E-state index contributed by atoms with van der Waals surface area (Å²) in [7, 11) is 0.